The maximum absolute atomic E-state index is 13.4. The van der Waals surface area contributed by atoms with Gasteiger partial charge >= 0.3 is 5.97 Å². The first-order chi connectivity index (χ1) is 21.8. The van der Waals surface area contributed by atoms with Crippen molar-refractivity contribution in [3.63, 3.8) is 0 Å². The van der Waals surface area contributed by atoms with E-state index in [1.54, 1.807) is 0 Å². The van der Waals surface area contributed by atoms with Crippen molar-refractivity contribution in [1.29, 1.82) is 0 Å². The number of cyclic esters (lactones) is 1. The first-order valence-corrected chi connectivity index (χ1v) is 17.0. The first-order valence-electron chi connectivity index (χ1n) is 15.1. The summed E-state index contributed by atoms with van der Waals surface area (Å²) >= 11 is 0. The summed E-state index contributed by atoms with van der Waals surface area (Å²) in [4.78, 5) is 16.4. The zero-order valence-electron chi connectivity index (χ0n) is 25.9. The van der Waals surface area contributed by atoms with Crippen LogP contribution in [0, 0.1) is 0 Å². The zero-order valence-corrected chi connectivity index (χ0v) is 26.9. The third-order valence-corrected chi connectivity index (χ3v) is 13.1. The lowest BCUT2D eigenvalue weighted by Gasteiger charge is -2.45. The molecular weight excluding hydrogens is 582 g/mol. The van der Waals surface area contributed by atoms with Crippen LogP contribution in [0.3, 0.4) is 0 Å². The van der Waals surface area contributed by atoms with Crippen LogP contribution in [0.2, 0.25) is 5.04 Å². The van der Waals surface area contributed by atoms with E-state index in [0.717, 1.165) is 21.5 Å². The molecule has 8 nitrogen and oxygen atoms in total. The van der Waals surface area contributed by atoms with Crippen molar-refractivity contribution in [1.82, 2.24) is 0 Å². The first kappa shape index (κ1) is 32.2. The SMILES string of the molecule is CC(C)(C)[Si](OC[C@H]1OC(=O)[C@H](N=[N+]=[N-])[C@@H](OCc2ccccc2)[C@@H]1OCc1ccccc1)(c1ccccc1)c1ccccc1. The molecule has 0 amide bonds. The molecule has 1 heterocycles. The molecule has 45 heavy (non-hydrogen) atoms. The van der Waals surface area contributed by atoms with E-state index in [1.807, 2.05) is 97.1 Å². The minimum absolute atomic E-state index is 0.0622. The standard InChI is InChI=1S/C36H39N3O5Si/c1-36(2,3)45(29-20-12-6-13-21-29,30-22-14-7-15-23-30)43-26-31-33(41-24-27-16-8-4-9-17-27)34(32(38-39-37)35(40)44-31)42-25-28-18-10-5-11-19-28/h4-23,31-34H,24-26H2,1-3H3/t31-,32-,33-,34-/m1/s1. The predicted molar refractivity (Wildman–Crippen MR) is 176 cm³/mol. The lowest BCUT2D eigenvalue weighted by Crippen LogP contribution is -2.68. The zero-order chi connectivity index (χ0) is 31.7. The third-order valence-electron chi connectivity index (χ3n) is 8.14. The molecule has 0 spiro atoms. The van der Waals surface area contributed by atoms with Gasteiger partial charge in [0.15, 0.2) is 12.1 Å². The predicted octanol–water partition coefficient (Wildman–Crippen LogP) is 6.34. The molecule has 4 aromatic rings. The maximum Gasteiger partial charge on any atom is 0.318 e. The molecule has 1 aliphatic heterocycles. The second-order valence-electron chi connectivity index (χ2n) is 12.1. The highest BCUT2D eigenvalue weighted by molar-refractivity contribution is 6.99. The topological polar surface area (TPSA) is 103 Å². The third kappa shape index (κ3) is 7.36. The fourth-order valence-corrected chi connectivity index (χ4v) is 10.6. The van der Waals surface area contributed by atoms with Crippen molar-refractivity contribution >= 4 is 24.7 Å². The second kappa shape index (κ2) is 14.7. The summed E-state index contributed by atoms with van der Waals surface area (Å²) in [5, 5.41) is 5.74. The molecule has 0 bridgehead atoms. The van der Waals surface area contributed by atoms with Crippen LogP contribution in [0.25, 0.3) is 10.4 Å². The van der Waals surface area contributed by atoms with Crippen molar-refractivity contribution < 1.29 is 23.4 Å². The summed E-state index contributed by atoms with van der Waals surface area (Å²) in [6.45, 7) is 7.08. The van der Waals surface area contributed by atoms with Crippen molar-refractivity contribution in [3.05, 3.63) is 143 Å². The van der Waals surface area contributed by atoms with Gasteiger partial charge in [0, 0.05) is 4.91 Å². The van der Waals surface area contributed by atoms with E-state index < -0.39 is 38.6 Å². The van der Waals surface area contributed by atoms with Gasteiger partial charge in [0.05, 0.1) is 19.8 Å². The van der Waals surface area contributed by atoms with Crippen LogP contribution in [0.4, 0.5) is 0 Å². The molecule has 9 heteroatoms. The summed E-state index contributed by atoms with van der Waals surface area (Å²) in [6, 6.07) is 38.7. The maximum atomic E-state index is 13.4. The van der Waals surface area contributed by atoms with Crippen molar-refractivity contribution in [2.24, 2.45) is 5.11 Å². The second-order valence-corrected chi connectivity index (χ2v) is 16.4. The van der Waals surface area contributed by atoms with Crippen molar-refractivity contribution in [2.75, 3.05) is 6.61 Å². The Kier molecular flexibility index (Phi) is 10.5. The molecule has 4 atom stereocenters. The summed E-state index contributed by atoms with van der Waals surface area (Å²) in [6.07, 6.45) is -2.51. The molecule has 0 unspecified atom stereocenters. The van der Waals surface area contributed by atoms with E-state index in [2.05, 4.69) is 55.1 Å². The summed E-state index contributed by atoms with van der Waals surface area (Å²) in [7, 11) is -2.97. The molecular formula is C36H39N3O5Si. The van der Waals surface area contributed by atoms with E-state index >= 15 is 0 Å². The minimum Gasteiger partial charge on any atom is -0.457 e. The quantitative estimate of drug-likeness (QED) is 0.0604. The van der Waals surface area contributed by atoms with E-state index in [4.69, 9.17) is 18.6 Å². The number of carbonyl (C=O) groups excluding carboxylic acids is 1. The van der Waals surface area contributed by atoms with Crippen molar-refractivity contribution in [2.45, 2.75) is 63.4 Å². The molecule has 0 saturated carbocycles. The van der Waals surface area contributed by atoms with E-state index in [0.29, 0.717) is 0 Å². The number of rotatable bonds is 12. The fourth-order valence-electron chi connectivity index (χ4n) is 6.00. The molecule has 0 aromatic heterocycles. The van der Waals surface area contributed by atoms with Crippen molar-refractivity contribution in [3.8, 4) is 0 Å². The summed E-state index contributed by atoms with van der Waals surface area (Å²) in [5.41, 5.74) is 11.2. The smallest absolute Gasteiger partial charge is 0.318 e. The molecule has 1 saturated heterocycles. The largest absolute Gasteiger partial charge is 0.457 e. The van der Waals surface area contributed by atoms with Crippen LogP contribution in [0.5, 0.6) is 0 Å². The Labute approximate surface area is 265 Å². The highest BCUT2D eigenvalue weighted by atomic mass is 28.4. The molecule has 4 aromatic carbocycles. The van der Waals surface area contributed by atoms with Gasteiger partial charge in [-0.25, -0.2) is 0 Å². The summed E-state index contributed by atoms with van der Waals surface area (Å²) < 4.78 is 26.1. The van der Waals surface area contributed by atoms with Gasteiger partial charge in [0.2, 0.25) is 0 Å². The highest BCUT2D eigenvalue weighted by Gasteiger charge is 2.53. The number of esters is 1. The number of carbonyl (C=O) groups is 1. The molecule has 232 valence electrons. The number of hydrogen-bond donors (Lipinski definition) is 0. The van der Waals surface area contributed by atoms with E-state index in [1.165, 1.54) is 0 Å². The number of ether oxygens (including phenoxy) is 3. The van der Waals surface area contributed by atoms with Crippen LogP contribution in [0.1, 0.15) is 31.9 Å². The lowest BCUT2D eigenvalue weighted by molar-refractivity contribution is -0.206. The van der Waals surface area contributed by atoms with Crippen LogP contribution >= 0.6 is 0 Å². The van der Waals surface area contributed by atoms with Gasteiger partial charge in [-0.2, -0.15) is 0 Å². The molecule has 0 N–H and O–H groups in total. The minimum atomic E-state index is -2.97. The molecule has 0 aliphatic carbocycles. The van der Waals surface area contributed by atoms with Gasteiger partial charge in [0.25, 0.3) is 8.32 Å². The van der Waals surface area contributed by atoms with Gasteiger partial charge < -0.3 is 18.6 Å². The van der Waals surface area contributed by atoms with Gasteiger partial charge in [-0.15, -0.1) is 0 Å². The Morgan fingerprint density at radius 3 is 1.62 bits per heavy atom. The monoisotopic (exact) mass is 621 g/mol. The number of hydrogen-bond acceptors (Lipinski definition) is 6. The van der Waals surface area contributed by atoms with Crippen LogP contribution in [0.15, 0.2) is 126 Å². The van der Waals surface area contributed by atoms with E-state index in [-0.39, 0.29) is 24.9 Å². The Balaban J connectivity index is 1.52. The Morgan fingerprint density at radius 1 is 0.733 bits per heavy atom. The van der Waals surface area contributed by atoms with Gasteiger partial charge in [0.1, 0.15) is 12.2 Å². The lowest BCUT2D eigenvalue weighted by atomic mass is 9.97. The summed E-state index contributed by atoms with van der Waals surface area (Å²) in [5.74, 6) is -0.665. The van der Waals surface area contributed by atoms with E-state index in [9.17, 15) is 10.3 Å². The highest BCUT2D eigenvalue weighted by Crippen LogP contribution is 2.38. The average molecular weight is 622 g/mol. The average Bonchev–Trinajstić information content (AvgIpc) is 3.06. The van der Waals surface area contributed by atoms with Crippen LogP contribution < -0.4 is 10.4 Å². The Bertz CT molecular complexity index is 1520. The number of nitrogens with zero attached hydrogens (tertiary/aromatic N) is 3. The van der Waals surface area contributed by atoms with Crippen LogP contribution in [-0.4, -0.2) is 45.2 Å². The molecule has 5 rings (SSSR count). The fraction of sp³-hybridized carbons (Fsp3) is 0.306. The number of azide groups is 1. The van der Waals surface area contributed by atoms with Gasteiger partial charge in [-0.3, -0.25) is 4.79 Å². The van der Waals surface area contributed by atoms with Gasteiger partial charge in [-0.05, 0) is 32.1 Å². The molecule has 1 fully saturated rings. The van der Waals surface area contributed by atoms with Gasteiger partial charge in [-0.1, -0.05) is 147 Å². The van der Waals surface area contributed by atoms with Crippen LogP contribution in [-0.2, 0) is 36.6 Å². The Morgan fingerprint density at radius 2 is 1.18 bits per heavy atom. The normalized spacial score (nSPS) is 20.2. The Hall–Kier alpha value is -4.24. The number of benzene rings is 4. The molecule has 0 radical (unpaired) electrons. The molecule has 1 aliphatic rings.